The highest BCUT2D eigenvalue weighted by atomic mass is 35.5. The lowest BCUT2D eigenvalue weighted by Crippen LogP contribution is -2.48. The smallest absolute Gasteiger partial charge is 0.406 e. The summed E-state index contributed by atoms with van der Waals surface area (Å²) in [6, 6.07) is 7.75. The third-order valence-corrected chi connectivity index (χ3v) is 7.06. The monoisotopic (exact) mass is 494 g/mol. The molecule has 0 radical (unpaired) electrons. The number of rotatable bonds is 4. The zero-order valence-corrected chi connectivity index (χ0v) is 19.0. The van der Waals surface area contributed by atoms with Gasteiger partial charge < -0.3 is 9.30 Å². The Morgan fingerprint density at radius 1 is 1.06 bits per heavy atom. The molecule has 3 atom stereocenters. The van der Waals surface area contributed by atoms with E-state index in [4.69, 9.17) is 11.6 Å². The molecule has 0 saturated carbocycles. The zero-order chi connectivity index (χ0) is 24.2. The minimum atomic E-state index is -4.72. The number of pyridine rings is 1. The van der Waals surface area contributed by atoms with Crippen molar-refractivity contribution in [3.63, 3.8) is 0 Å². The molecule has 4 heterocycles. The summed E-state index contributed by atoms with van der Waals surface area (Å²) in [5.41, 5.74) is 0.621. The molecular formula is C23H22ClF3N4O3. The fourth-order valence-electron chi connectivity index (χ4n) is 5.37. The van der Waals surface area contributed by atoms with Gasteiger partial charge in [0.05, 0.1) is 10.5 Å². The Kier molecular flexibility index (Phi) is 5.68. The van der Waals surface area contributed by atoms with Crippen LogP contribution in [0.1, 0.15) is 37.3 Å². The van der Waals surface area contributed by atoms with Gasteiger partial charge in [-0.2, -0.15) is 0 Å². The molecule has 0 aliphatic carbocycles. The number of ether oxygens (including phenoxy) is 1. The van der Waals surface area contributed by atoms with Gasteiger partial charge in [-0.1, -0.05) is 23.7 Å². The average Bonchev–Trinajstić information content (AvgIpc) is 3.00. The zero-order valence-electron chi connectivity index (χ0n) is 18.3. The van der Waals surface area contributed by atoms with Crippen LogP contribution < -0.4 is 15.9 Å². The lowest BCUT2D eigenvalue weighted by molar-refractivity contribution is -0.274. The Hall–Kier alpha value is -2.85. The second-order valence-corrected chi connectivity index (χ2v) is 9.35. The molecule has 180 valence electrons. The Morgan fingerprint density at radius 2 is 1.71 bits per heavy atom. The third-order valence-electron chi connectivity index (χ3n) is 6.86. The number of piperidine rings is 1. The number of hydrogen-bond acceptors (Lipinski definition) is 5. The standard InChI is InChI=1S/C23H22ClF3N4O3/c1-29-19-8-14(24)11-28-20(19)31(22(33)21(29)32)17-9-15-4-5-16(10-17)30(15)12-13-2-6-18(7-3-13)34-23(25,26)27/h2-3,6-8,11,15-17H,4-5,9-10,12H2,1H3/t15-,16+,17?. The molecule has 2 saturated heterocycles. The predicted molar refractivity (Wildman–Crippen MR) is 120 cm³/mol. The summed E-state index contributed by atoms with van der Waals surface area (Å²) in [6.45, 7) is 0.592. The van der Waals surface area contributed by atoms with Gasteiger partial charge in [-0.3, -0.25) is 19.1 Å². The van der Waals surface area contributed by atoms with E-state index in [0.29, 0.717) is 35.6 Å². The molecule has 1 aromatic carbocycles. The molecule has 7 nitrogen and oxygen atoms in total. The van der Waals surface area contributed by atoms with Crippen molar-refractivity contribution in [3.05, 3.63) is 67.8 Å². The van der Waals surface area contributed by atoms with Crippen LogP contribution in [-0.4, -0.2) is 37.5 Å². The highest BCUT2D eigenvalue weighted by molar-refractivity contribution is 6.31. The summed E-state index contributed by atoms with van der Waals surface area (Å²) in [7, 11) is 1.53. The maximum Gasteiger partial charge on any atom is 0.573 e. The largest absolute Gasteiger partial charge is 0.573 e. The first-order valence-electron chi connectivity index (χ1n) is 11.0. The van der Waals surface area contributed by atoms with Crippen molar-refractivity contribution in [3.8, 4) is 5.75 Å². The molecule has 5 rings (SSSR count). The topological polar surface area (TPSA) is 69.4 Å². The van der Waals surface area contributed by atoms with Gasteiger partial charge in [-0.15, -0.1) is 13.2 Å². The molecule has 0 spiro atoms. The number of halogens is 4. The number of hydrogen-bond donors (Lipinski definition) is 0. The quantitative estimate of drug-likeness (QED) is 0.513. The Bertz CT molecular complexity index is 1340. The first-order chi connectivity index (χ1) is 16.1. The molecule has 0 amide bonds. The maximum absolute atomic E-state index is 13.0. The molecule has 2 aliphatic rings. The summed E-state index contributed by atoms with van der Waals surface area (Å²) in [4.78, 5) is 32.3. The summed E-state index contributed by atoms with van der Waals surface area (Å²) < 4.78 is 44.0. The van der Waals surface area contributed by atoms with Crippen molar-refractivity contribution in [2.24, 2.45) is 7.05 Å². The summed E-state index contributed by atoms with van der Waals surface area (Å²) in [5.74, 6) is -0.248. The van der Waals surface area contributed by atoms with E-state index in [1.54, 1.807) is 18.2 Å². The molecule has 0 N–H and O–H groups in total. The third kappa shape index (κ3) is 4.20. The minimum Gasteiger partial charge on any atom is -0.406 e. The van der Waals surface area contributed by atoms with Crippen LogP contribution in [0.4, 0.5) is 13.2 Å². The van der Waals surface area contributed by atoms with Gasteiger partial charge in [0.1, 0.15) is 5.75 Å². The summed E-state index contributed by atoms with van der Waals surface area (Å²) in [5, 5.41) is 0.384. The van der Waals surface area contributed by atoms with Gasteiger partial charge in [0.25, 0.3) is 0 Å². The normalized spacial score (nSPS) is 22.9. The van der Waals surface area contributed by atoms with Crippen LogP contribution in [-0.2, 0) is 13.6 Å². The SMILES string of the molecule is Cn1c(=O)c(=O)n(C2C[C@H]3CC[C@@H](C2)N3Cc2ccc(OC(F)(F)F)cc2)c2ncc(Cl)cc21. The number of nitrogens with zero attached hydrogens (tertiary/aromatic N) is 4. The molecule has 1 unspecified atom stereocenters. The fraction of sp³-hybridized carbons (Fsp3) is 0.435. The number of alkyl halides is 3. The Balaban J connectivity index is 1.39. The van der Waals surface area contributed by atoms with Crippen molar-refractivity contribution in [1.29, 1.82) is 0 Å². The molecule has 2 aromatic heterocycles. The van der Waals surface area contributed by atoms with Crippen LogP contribution in [0, 0.1) is 0 Å². The van der Waals surface area contributed by atoms with E-state index in [9.17, 15) is 22.8 Å². The lowest BCUT2D eigenvalue weighted by atomic mass is 9.96. The number of aryl methyl sites for hydroxylation is 1. The highest BCUT2D eigenvalue weighted by Gasteiger charge is 2.42. The van der Waals surface area contributed by atoms with Gasteiger partial charge in [0, 0.05) is 37.9 Å². The van der Waals surface area contributed by atoms with Crippen LogP contribution >= 0.6 is 11.6 Å². The highest BCUT2D eigenvalue weighted by Crippen LogP contribution is 2.42. The van der Waals surface area contributed by atoms with E-state index in [0.717, 1.165) is 18.4 Å². The van der Waals surface area contributed by atoms with Gasteiger partial charge in [0.15, 0.2) is 5.65 Å². The van der Waals surface area contributed by atoms with Crippen LogP contribution in [0.15, 0.2) is 46.1 Å². The van der Waals surface area contributed by atoms with Gasteiger partial charge >= 0.3 is 17.5 Å². The van der Waals surface area contributed by atoms with E-state index in [-0.39, 0.29) is 23.9 Å². The van der Waals surface area contributed by atoms with Crippen molar-refractivity contribution in [2.75, 3.05) is 0 Å². The van der Waals surface area contributed by atoms with Crippen LogP contribution in [0.2, 0.25) is 5.02 Å². The van der Waals surface area contributed by atoms with E-state index in [1.807, 2.05) is 0 Å². The fourth-order valence-corrected chi connectivity index (χ4v) is 5.52. The first-order valence-corrected chi connectivity index (χ1v) is 11.4. The molecule has 34 heavy (non-hydrogen) atoms. The van der Waals surface area contributed by atoms with Crippen LogP contribution in [0.25, 0.3) is 11.2 Å². The lowest BCUT2D eigenvalue weighted by Gasteiger charge is -2.39. The van der Waals surface area contributed by atoms with Crippen molar-refractivity contribution in [2.45, 2.75) is 56.7 Å². The van der Waals surface area contributed by atoms with E-state index in [2.05, 4.69) is 14.6 Å². The minimum absolute atomic E-state index is 0.172. The number of fused-ring (bicyclic) bond motifs is 3. The Morgan fingerprint density at radius 3 is 2.32 bits per heavy atom. The van der Waals surface area contributed by atoms with Gasteiger partial charge in [-0.05, 0) is 49.4 Å². The maximum atomic E-state index is 13.0. The Labute approximate surface area is 197 Å². The van der Waals surface area contributed by atoms with Crippen molar-refractivity contribution in [1.82, 2.24) is 19.0 Å². The van der Waals surface area contributed by atoms with Crippen molar-refractivity contribution < 1.29 is 17.9 Å². The van der Waals surface area contributed by atoms with Crippen molar-refractivity contribution >= 4 is 22.8 Å². The summed E-state index contributed by atoms with van der Waals surface area (Å²) >= 11 is 6.08. The second-order valence-electron chi connectivity index (χ2n) is 8.91. The van der Waals surface area contributed by atoms with Crippen LogP contribution in [0.3, 0.4) is 0 Å². The number of benzene rings is 1. The molecular weight excluding hydrogens is 473 g/mol. The predicted octanol–water partition coefficient (Wildman–Crippen LogP) is 4.02. The number of aromatic nitrogens is 3. The van der Waals surface area contributed by atoms with E-state index >= 15 is 0 Å². The van der Waals surface area contributed by atoms with Crippen LogP contribution in [0.5, 0.6) is 5.75 Å². The van der Waals surface area contributed by atoms with E-state index < -0.39 is 17.5 Å². The second kappa shape index (κ2) is 8.42. The average molecular weight is 495 g/mol. The first kappa shape index (κ1) is 22.9. The molecule has 3 aromatic rings. The molecule has 11 heteroatoms. The van der Waals surface area contributed by atoms with E-state index in [1.165, 1.54) is 34.5 Å². The molecule has 2 bridgehead atoms. The van der Waals surface area contributed by atoms with Gasteiger partial charge in [0.2, 0.25) is 0 Å². The van der Waals surface area contributed by atoms with Gasteiger partial charge in [-0.25, -0.2) is 4.98 Å². The summed E-state index contributed by atoms with van der Waals surface area (Å²) in [6.07, 6.45) is 0.0144. The molecule has 2 aliphatic heterocycles. The molecule has 2 fully saturated rings.